The smallest absolute Gasteiger partial charge is 0.480 e. The Labute approximate surface area is 148 Å². The molecule has 1 N–H and O–H groups in total. The number of hydrogen-bond donors (Lipinski definition) is 1. The molecule has 2 fully saturated rings. The highest BCUT2D eigenvalue weighted by atomic mass is 19.4. The number of carbonyl (C=O) groups excluding carboxylic acids is 1. The van der Waals surface area contributed by atoms with Crippen molar-refractivity contribution in [2.24, 2.45) is 0 Å². The lowest BCUT2D eigenvalue weighted by Gasteiger charge is -2.31. The summed E-state index contributed by atoms with van der Waals surface area (Å²) in [4.78, 5) is 26.1. The van der Waals surface area contributed by atoms with E-state index in [9.17, 15) is 27.9 Å². The summed E-state index contributed by atoms with van der Waals surface area (Å²) in [6.45, 7) is 0.396. The Kier molecular flexibility index (Phi) is 4.86. The van der Waals surface area contributed by atoms with E-state index in [4.69, 9.17) is 0 Å². The maximum absolute atomic E-state index is 13.1. The first kappa shape index (κ1) is 18.5. The molecule has 0 aromatic heterocycles. The standard InChI is InChI=1S/C18H20F3NO4/c19-18(20,21)26-13-7-5-12(6-8-13)17(9-10-17)16(25)22-11-3-1-2-4-14(22)15(23)24/h5-8,14H,1-4,9-11H2,(H,23,24). The Bertz CT molecular complexity index is 683. The zero-order valence-corrected chi connectivity index (χ0v) is 14.1. The minimum Gasteiger partial charge on any atom is -0.480 e. The van der Waals surface area contributed by atoms with Gasteiger partial charge in [0, 0.05) is 6.54 Å². The quantitative estimate of drug-likeness (QED) is 0.880. The van der Waals surface area contributed by atoms with E-state index < -0.39 is 23.8 Å². The molecule has 8 heteroatoms. The van der Waals surface area contributed by atoms with Crippen LogP contribution in [-0.4, -0.2) is 40.8 Å². The van der Waals surface area contributed by atoms with Gasteiger partial charge in [-0.15, -0.1) is 13.2 Å². The average molecular weight is 371 g/mol. The molecule has 1 aromatic carbocycles. The van der Waals surface area contributed by atoms with Crippen LogP contribution in [0.1, 0.15) is 44.1 Å². The Hall–Kier alpha value is -2.25. The molecule has 0 radical (unpaired) electrons. The Balaban J connectivity index is 1.81. The summed E-state index contributed by atoms with van der Waals surface area (Å²) in [5.41, 5.74) is -0.222. The highest BCUT2D eigenvalue weighted by Gasteiger charge is 2.54. The van der Waals surface area contributed by atoms with E-state index in [2.05, 4.69) is 4.74 Å². The molecule has 1 saturated carbocycles. The molecule has 26 heavy (non-hydrogen) atoms. The van der Waals surface area contributed by atoms with Gasteiger partial charge in [-0.1, -0.05) is 25.0 Å². The topological polar surface area (TPSA) is 66.8 Å². The Morgan fingerprint density at radius 1 is 1.12 bits per heavy atom. The summed E-state index contributed by atoms with van der Waals surface area (Å²) in [5.74, 6) is -1.59. The van der Waals surface area contributed by atoms with Crippen molar-refractivity contribution in [1.82, 2.24) is 4.90 Å². The fourth-order valence-electron chi connectivity index (χ4n) is 3.61. The molecule has 142 valence electrons. The summed E-state index contributed by atoms with van der Waals surface area (Å²) in [6.07, 6.45) is -0.821. The van der Waals surface area contributed by atoms with E-state index in [1.54, 1.807) is 0 Å². The van der Waals surface area contributed by atoms with Gasteiger partial charge < -0.3 is 14.7 Å². The maximum atomic E-state index is 13.1. The van der Waals surface area contributed by atoms with Gasteiger partial charge in [-0.25, -0.2) is 4.79 Å². The number of carbonyl (C=O) groups is 2. The van der Waals surface area contributed by atoms with Crippen LogP contribution < -0.4 is 4.74 Å². The van der Waals surface area contributed by atoms with Crippen molar-refractivity contribution in [2.75, 3.05) is 6.54 Å². The monoisotopic (exact) mass is 371 g/mol. The van der Waals surface area contributed by atoms with Gasteiger partial charge in [-0.05, 0) is 43.4 Å². The van der Waals surface area contributed by atoms with E-state index in [0.717, 1.165) is 19.3 Å². The van der Waals surface area contributed by atoms with Crippen LogP contribution in [0.25, 0.3) is 0 Å². The second kappa shape index (κ2) is 6.81. The first-order chi connectivity index (χ1) is 12.2. The van der Waals surface area contributed by atoms with Gasteiger partial charge in [0.25, 0.3) is 0 Å². The van der Waals surface area contributed by atoms with E-state index in [1.165, 1.54) is 29.2 Å². The van der Waals surface area contributed by atoms with Crippen LogP contribution in [0.2, 0.25) is 0 Å². The second-order valence-electron chi connectivity index (χ2n) is 6.86. The molecule has 1 atom stereocenters. The number of benzene rings is 1. The molecule has 5 nitrogen and oxygen atoms in total. The van der Waals surface area contributed by atoms with Crippen molar-refractivity contribution in [1.29, 1.82) is 0 Å². The Morgan fingerprint density at radius 3 is 2.31 bits per heavy atom. The number of alkyl halides is 3. The van der Waals surface area contributed by atoms with E-state index in [0.29, 0.717) is 31.4 Å². The summed E-state index contributed by atoms with van der Waals surface area (Å²) >= 11 is 0. The predicted octanol–water partition coefficient (Wildman–Crippen LogP) is 3.47. The molecule has 3 rings (SSSR count). The lowest BCUT2D eigenvalue weighted by atomic mass is 9.93. The number of aliphatic carboxylic acids is 1. The van der Waals surface area contributed by atoms with Gasteiger partial charge >= 0.3 is 12.3 Å². The number of halogens is 3. The fourth-order valence-corrected chi connectivity index (χ4v) is 3.61. The van der Waals surface area contributed by atoms with E-state index in [1.807, 2.05) is 0 Å². The molecule has 1 saturated heterocycles. The molecule has 1 unspecified atom stereocenters. The molecule has 1 aliphatic heterocycles. The number of carboxylic acid groups (broad SMARTS) is 1. The van der Waals surface area contributed by atoms with Crippen LogP contribution in [0.5, 0.6) is 5.75 Å². The third kappa shape index (κ3) is 3.78. The van der Waals surface area contributed by atoms with Gasteiger partial charge in [0.15, 0.2) is 0 Å². The first-order valence-electron chi connectivity index (χ1n) is 8.63. The Morgan fingerprint density at radius 2 is 1.77 bits per heavy atom. The van der Waals surface area contributed by atoms with E-state index >= 15 is 0 Å². The van der Waals surface area contributed by atoms with Crippen LogP contribution in [0.3, 0.4) is 0 Å². The van der Waals surface area contributed by atoms with Gasteiger partial charge in [-0.3, -0.25) is 4.79 Å². The van der Waals surface area contributed by atoms with E-state index in [-0.39, 0.29) is 11.7 Å². The van der Waals surface area contributed by atoms with Crippen molar-refractivity contribution >= 4 is 11.9 Å². The number of ether oxygens (including phenoxy) is 1. The number of amides is 1. The number of nitrogens with zero attached hydrogens (tertiary/aromatic N) is 1. The van der Waals surface area contributed by atoms with Gasteiger partial charge in [0.05, 0.1) is 5.41 Å². The number of rotatable bonds is 4. The van der Waals surface area contributed by atoms with Gasteiger partial charge in [-0.2, -0.15) is 0 Å². The van der Waals surface area contributed by atoms with Crippen LogP contribution in [0.4, 0.5) is 13.2 Å². The van der Waals surface area contributed by atoms with Crippen molar-refractivity contribution in [3.63, 3.8) is 0 Å². The number of carboxylic acids is 1. The maximum Gasteiger partial charge on any atom is 0.573 e. The van der Waals surface area contributed by atoms with Crippen molar-refractivity contribution < 1.29 is 32.6 Å². The number of likely N-dealkylation sites (tertiary alicyclic amines) is 1. The first-order valence-corrected chi connectivity index (χ1v) is 8.63. The summed E-state index contributed by atoms with van der Waals surface area (Å²) in [6, 6.07) is 4.45. The molecule has 1 aromatic rings. The SMILES string of the molecule is O=C(O)C1CCCCCN1C(=O)C1(c2ccc(OC(F)(F)F)cc2)CC1. The highest BCUT2D eigenvalue weighted by molar-refractivity contribution is 5.94. The zero-order valence-electron chi connectivity index (χ0n) is 14.1. The third-order valence-electron chi connectivity index (χ3n) is 5.10. The van der Waals surface area contributed by atoms with Crippen LogP contribution in [0.15, 0.2) is 24.3 Å². The van der Waals surface area contributed by atoms with Crippen molar-refractivity contribution in [3.05, 3.63) is 29.8 Å². The molecular formula is C18H20F3NO4. The lowest BCUT2D eigenvalue weighted by molar-refractivity contribution is -0.274. The van der Waals surface area contributed by atoms with Crippen LogP contribution in [-0.2, 0) is 15.0 Å². The summed E-state index contributed by atoms with van der Waals surface area (Å²) in [5, 5.41) is 9.47. The predicted molar refractivity (Wildman–Crippen MR) is 85.6 cm³/mol. The zero-order chi connectivity index (χ0) is 18.9. The summed E-state index contributed by atoms with van der Waals surface area (Å²) in [7, 11) is 0. The lowest BCUT2D eigenvalue weighted by Crippen LogP contribution is -2.49. The highest BCUT2D eigenvalue weighted by Crippen LogP contribution is 2.50. The van der Waals surface area contributed by atoms with Gasteiger partial charge in [0.2, 0.25) is 5.91 Å². The second-order valence-corrected chi connectivity index (χ2v) is 6.86. The average Bonchev–Trinajstić information content (AvgIpc) is 3.37. The van der Waals surface area contributed by atoms with Crippen LogP contribution in [0, 0.1) is 0 Å². The van der Waals surface area contributed by atoms with Crippen molar-refractivity contribution in [3.8, 4) is 5.75 Å². The third-order valence-corrected chi connectivity index (χ3v) is 5.10. The normalized spacial score (nSPS) is 22.4. The number of hydrogen-bond acceptors (Lipinski definition) is 3. The molecule has 1 heterocycles. The molecule has 2 aliphatic rings. The minimum absolute atomic E-state index is 0.240. The summed E-state index contributed by atoms with van der Waals surface area (Å²) < 4.78 is 40.7. The fraction of sp³-hybridized carbons (Fsp3) is 0.556. The molecular weight excluding hydrogens is 351 g/mol. The largest absolute Gasteiger partial charge is 0.573 e. The molecule has 1 amide bonds. The van der Waals surface area contributed by atoms with Crippen molar-refractivity contribution in [2.45, 2.75) is 56.3 Å². The minimum atomic E-state index is -4.77. The molecule has 0 bridgehead atoms. The van der Waals surface area contributed by atoms with Gasteiger partial charge in [0.1, 0.15) is 11.8 Å². The van der Waals surface area contributed by atoms with Crippen LogP contribution >= 0.6 is 0 Å². The molecule has 1 aliphatic carbocycles. The molecule has 0 spiro atoms.